The average molecular weight is 284 g/mol. The molecule has 4 nitrogen and oxygen atoms in total. The average Bonchev–Trinajstić information content (AvgIpc) is 2.53. The number of benzene rings is 1. The molecule has 1 aromatic carbocycles. The Hall–Kier alpha value is -2.10. The van der Waals surface area contributed by atoms with E-state index in [0.29, 0.717) is 0 Å². The molecule has 0 aliphatic carbocycles. The van der Waals surface area contributed by atoms with Gasteiger partial charge in [-0.2, -0.15) is 0 Å². The van der Waals surface area contributed by atoms with E-state index in [4.69, 9.17) is 4.74 Å². The lowest BCUT2D eigenvalue weighted by Crippen LogP contribution is -2.38. The van der Waals surface area contributed by atoms with E-state index in [0.717, 1.165) is 48.3 Å². The number of rotatable bonds is 3. The SMILES string of the molecule is COc1ccc2ccnc(N3CCCC(C(C)=O)C3)c2c1. The Bertz CT molecular complexity index is 669. The van der Waals surface area contributed by atoms with Crippen LogP contribution in [0.5, 0.6) is 5.75 Å². The number of fused-ring (bicyclic) bond motifs is 1. The van der Waals surface area contributed by atoms with Gasteiger partial charge in [0.05, 0.1) is 7.11 Å². The van der Waals surface area contributed by atoms with Crippen LogP contribution in [0.15, 0.2) is 30.5 Å². The van der Waals surface area contributed by atoms with Crippen molar-refractivity contribution < 1.29 is 9.53 Å². The van der Waals surface area contributed by atoms with Crippen LogP contribution in [0, 0.1) is 5.92 Å². The molecule has 0 N–H and O–H groups in total. The van der Waals surface area contributed by atoms with Crippen LogP contribution in [-0.4, -0.2) is 31.0 Å². The molecule has 0 bridgehead atoms. The van der Waals surface area contributed by atoms with Crippen molar-refractivity contribution in [3.63, 3.8) is 0 Å². The fourth-order valence-corrected chi connectivity index (χ4v) is 3.01. The van der Waals surface area contributed by atoms with Crippen molar-refractivity contribution in [1.29, 1.82) is 0 Å². The quantitative estimate of drug-likeness (QED) is 0.869. The number of hydrogen-bond donors (Lipinski definition) is 0. The molecule has 1 aliphatic rings. The Labute approximate surface area is 124 Å². The van der Waals surface area contributed by atoms with Crippen molar-refractivity contribution >= 4 is 22.4 Å². The van der Waals surface area contributed by atoms with Crippen LogP contribution < -0.4 is 9.64 Å². The largest absolute Gasteiger partial charge is 0.497 e. The molecule has 2 aromatic rings. The summed E-state index contributed by atoms with van der Waals surface area (Å²) < 4.78 is 5.32. The maximum atomic E-state index is 11.7. The highest BCUT2D eigenvalue weighted by atomic mass is 16.5. The number of nitrogens with zero attached hydrogens (tertiary/aromatic N) is 2. The summed E-state index contributed by atoms with van der Waals surface area (Å²) in [5, 5.41) is 2.23. The van der Waals surface area contributed by atoms with Crippen LogP contribution in [0.25, 0.3) is 10.8 Å². The van der Waals surface area contributed by atoms with Crippen LogP contribution in [0.3, 0.4) is 0 Å². The highest BCUT2D eigenvalue weighted by molar-refractivity contribution is 5.93. The fraction of sp³-hybridized carbons (Fsp3) is 0.412. The summed E-state index contributed by atoms with van der Waals surface area (Å²) in [4.78, 5) is 18.5. The minimum Gasteiger partial charge on any atom is -0.497 e. The van der Waals surface area contributed by atoms with Gasteiger partial charge in [0.15, 0.2) is 0 Å². The third-order valence-corrected chi connectivity index (χ3v) is 4.25. The molecule has 1 atom stereocenters. The number of Topliss-reactive ketones (excluding diaryl/α,β-unsaturated/α-hetero) is 1. The zero-order chi connectivity index (χ0) is 14.8. The van der Waals surface area contributed by atoms with E-state index in [1.807, 2.05) is 30.5 Å². The topological polar surface area (TPSA) is 42.4 Å². The van der Waals surface area contributed by atoms with Gasteiger partial charge in [-0.15, -0.1) is 0 Å². The molecule has 1 aliphatic heterocycles. The molecule has 0 saturated carbocycles. The number of ketones is 1. The van der Waals surface area contributed by atoms with Gasteiger partial charge in [0.25, 0.3) is 0 Å². The van der Waals surface area contributed by atoms with Gasteiger partial charge < -0.3 is 9.64 Å². The van der Waals surface area contributed by atoms with E-state index in [1.165, 1.54) is 0 Å². The minimum atomic E-state index is 0.126. The second-order valence-corrected chi connectivity index (χ2v) is 5.62. The van der Waals surface area contributed by atoms with E-state index >= 15 is 0 Å². The van der Waals surface area contributed by atoms with Gasteiger partial charge in [-0.25, -0.2) is 4.98 Å². The van der Waals surface area contributed by atoms with Crippen molar-refractivity contribution in [2.24, 2.45) is 5.92 Å². The van der Waals surface area contributed by atoms with Gasteiger partial charge in [-0.05, 0) is 43.4 Å². The van der Waals surface area contributed by atoms with E-state index < -0.39 is 0 Å². The predicted molar refractivity (Wildman–Crippen MR) is 83.9 cm³/mol. The summed E-state index contributed by atoms with van der Waals surface area (Å²) in [7, 11) is 1.67. The lowest BCUT2D eigenvalue weighted by Gasteiger charge is -2.33. The second-order valence-electron chi connectivity index (χ2n) is 5.62. The first kappa shape index (κ1) is 13.9. The molecule has 0 radical (unpaired) electrons. The van der Waals surface area contributed by atoms with E-state index in [2.05, 4.69) is 9.88 Å². The normalized spacial score (nSPS) is 18.8. The molecule has 1 fully saturated rings. The standard InChI is InChI=1S/C17H20N2O2/c1-12(20)14-4-3-9-19(11-14)17-16-10-15(21-2)6-5-13(16)7-8-18-17/h5-8,10,14H,3-4,9,11H2,1-2H3. The lowest BCUT2D eigenvalue weighted by molar-refractivity contribution is -0.120. The highest BCUT2D eigenvalue weighted by Crippen LogP contribution is 2.30. The summed E-state index contributed by atoms with van der Waals surface area (Å²) in [6, 6.07) is 8.03. The van der Waals surface area contributed by atoms with Gasteiger partial charge in [0, 0.05) is 30.6 Å². The number of hydrogen-bond acceptors (Lipinski definition) is 4. The zero-order valence-corrected chi connectivity index (χ0v) is 12.5. The van der Waals surface area contributed by atoms with Gasteiger partial charge >= 0.3 is 0 Å². The molecule has 2 heterocycles. The molecule has 1 unspecified atom stereocenters. The molecule has 110 valence electrons. The number of ether oxygens (including phenoxy) is 1. The maximum absolute atomic E-state index is 11.7. The van der Waals surface area contributed by atoms with E-state index in [1.54, 1.807) is 14.0 Å². The number of anilines is 1. The number of carbonyl (C=O) groups is 1. The Morgan fingerprint density at radius 1 is 1.38 bits per heavy atom. The third-order valence-electron chi connectivity index (χ3n) is 4.25. The van der Waals surface area contributed by atoms with Crippen molar-refractivity contribution in [3.8, 4) is 5.75 Å². The van der Waals surface area contributed by atoms with Crippen LogP contribution in [0.2, 0.25) is 0 Å². The number of aromatic nitrogens is 1. The Morgan fingerprint density at radius 2 is 2.24 bits per heavy atom. The van der Waals surface area contributed by atoms with Crippen molar-refractivity contribution in [3.05, 3.63) is 30.5 Å². The maximum Gasteiger partial charge on any atom is 0.136 e. The predicted octanol–water partition coefficient (Wildman–Crippen LogP) is 3.05. The number of pyridine rings is 1. The molecule has 1 aromatic heterocycles. The zero-order valence-electron chi connectivity index (χ0n) is 12.5. The summed E-state index contributed by atoms with van der Waals surface area (Å²) >= 11 is 0. The Kier molecular flexibility index (Phi) is 3.78. The lowest BCUT2D eigenvalue weighted by atomic mass is 9.94. The van der Waals surface area contributed by atoms with Crippen LogP contribution >= 0.6 is 0 Å². The van der Waals surface area contributed by atoms with Crippen molar-refractivity contribution in [2.75, 3.05) is 25.1 Å². The summed E-state index contributed by atoms with van der Waals surface area (Å²) in [6.07, 6.45) is 3.85. The van der Waals surface area contributed by atoms with Crippen LogP contribution in [-0.2, 0) is 4.79 Å². The van der Waals surface area contributed by atoms with Gasteiger partial charge in [0.1, 0.15) is 17.4 Å². The molecule has 0 amide bonds. The fourth-order valence-electron chi connectivity index (χ4n) is 3.01. The Morgan fingerprint density at radius 3 is 3.00 bits per heavy atom. The van der Waals surface area contributed by atoms with Gasteiger partial charge in [0.2, 0.25) is 0 Å². The first-order valence-electron chi connectivity index (χ1n) is 7.37. The monoisotopic (exact) mass is 284 g/mol. The molecule has 0 spiro atoms. The van der Waals surface area contributed by atoms with Crippen molar-refractivity contribution in [2.45, 2.75) is 19.8 Å². The Balaban J connectivity index is 2.01. The van der Waals surface area contributed by atoms with Gasteiger partial charge in [-0.3, -0.25) is 4.79 Å². The molecule has 21 heavy (non-hydrogen) atoms. The smallest absolute Gasteiger partial charge is 0.136 e. The molecular weight excluding hydrogens is 264 g/mol. The number of carbonyl (C=O) groups excluding carboxylic acids is 1. The van der Waals surface area contributed by atoms with E-state index in [-0.39, 0.29) is 11.7 Å². The first-order chi connectivity index (χ1) is 10.2. The van der Waals surface area contributed by atoms with Crippen molar-refractivity contribution in [1.82, 2.24) is 4.98 Å². The summed E-state index contributed by atoms with van der Waals surface area (Å²) in [6.45, 7) is 3.40. The highest BCUT2D eigenvalue weighted by Gasteiger charge is 2.24. The van der Waals surface area contributed by atoms with Crippen LogP contribution in [0.1, 0.15) is 19.8 Å². The summed E-state index contributed by atoms with van der Waals surface area (Å²) in [5.74, 6) is 2.19. The molecule has 3 rings (SSSR count). The first-order valence-corrected chi connectivity index (χ1v) is 7.37. The number of methoxy groups -OCH3 is 1. The van der Waals surface area contributed by atoms with Gasteiger partial charge in [-0.1, -0.05) is 6.07 Å². The second kappa shape index (κ2) is 5.72. The third kappa shape index (κ3) is 2.71. The summed E-state index contributed by atoms with van der Waals surface area (Å²) in [5.41, 5.74) is 0. The minimum absolute atomic E-state index is 0.126. The number of piperidine rings is 1. The van der Waals surface area contributed by atoms with Crippen LogP contribution in [0.4, 0.5) is 5.82 Å². The molecule has 1 saturated heterocycles. The molecular formula is C17H20N2O2. The molecule has 4 heteroatoms. The van der Waals surface area contributed by atoms with E-state index in [9.17, 15) is 4.79 Å².